The van der Waals surface area contributed by atoms with Gasteiger partial charge >= 0.3 is 0 Å². The molecular weight excluding hydrogens is 200 g/mol. The maximum atomic E-state index is 8.89. The van der Waals surface area contributed by atoms with E-state index in [0.717, 1.165) is 19.5 Å². The molecule has 0 aliphatic carbocycles. The topological polar surface area (TPSA) is 49.5 Å². The van der Waals surface area contributed by atoms with Crippen LogP contribution in [0.5, 0.6) is 0 Å². The van der Waals surface area contributed by atoms with Crippen molar-refractivity contribution in [2.75, 3.05) is 24.6 Å². The Kier molecular flexibility index (Phi) is 5.29. The zero-order valence-corrected chi connectivity index (χ0v) is 10.2. The van der Waals surface area contributed by atoms with Crippen LogP contribution < -0.4 is 10.6 Å². The average Bonchev–Trinajstić information content (AvgIpc) is 2.29. The molecule has 0 saturated heterocycles. The molecule has 0 bridgehead atoms. The summed E-state index contributed by atoms with van der Waals surface area (Å²) in [7, 11) is 0. The molecule has 0 amide bonds. The first-order chi connectivity index (χ1) is 7.67. The van der Waals surface area contributed by atoms with Gasteiger partial charge in [0.05, 0.1) is 6.61 Å². The number of benzene rings is 1. The lowest BCUT2D eigenvalue weighted by Gasteiger charge is -2.24. The molecule has 3 nitrogen and oxygen atoms in total. The van der Waals surface area contributed by atoms with Crippen LogP contribution in [-0.2, 0) is 0 Å². The maximum Gasteiger partial charge on any atom is 0.0583 e. The number of aliphatic hydroxyl groups excluding tert-OH is 1. The van der Waals surface area contributed by atoms with E-state index in [1.807, 2.05) is 0 Å². The van der Waals surface area contributed by atoms with Crippen molar-refractivity contribution in [1.29, 1.82) is 0 Å². The van der Waals surface area contributed by atoms with Gasteiger partial charge in [0.1, 0.15) is 0 Å². The molecule has 1 aromatic carbocycles. The van der Waals surface area contributed by atoms with Gasteiger partial charge in [-0.15, -0.1) is 0 Å². The first-order valence-corrected chi connectivity index (χ1v) is 5.85. The summed E-state index contributed by atoms with van der Waals surface area (Å²) in [6.45, 7) is 6.14. The Morgan fingerprint density at radius 2 is 2.19 bits per heavy atom. The van der Waals surface area contributed by atoms with E-state index in [1.54, 1.807) is 0 Å². The summed E-state index contributed by atoms with van der Waals surface area (Å²) >= 11 is 0. The SMILES string of the molecule is CCN(CCC(N)CO)c1cccc(C)c1. The number of aliphatic hydroxyl groups is 1. The van der Waals surface area contributed by atoms with Crippen LogP contribution in [0.3, 0.4) is 0 Å². The maximum absolute atomic E-state index is 8.89. The van der Waals surface area contributed by atoms with Gasteiger partial charge in [-0.3, -0.25) is 0 Å². The normalized spacial score (nSPS) is 12.5. The summed E-state index contributed by atoms with van der Waals surface area (Å²) in [5, 5.41) is 8.89. The van der Waals surface area contributed by atoms with Crippen molar-refractivity contribution in [1.82, 2.24) is 0 Å². The molecule has 0 fully saturated rings. The molecule has 0 aliphatic rings. The van der Waals surface area contributed by atoms with Crippen molar-refractivity contribution < 1.29 is 5.11 Å². The van der Waals surface area contributed by atoms with E-state index in [0.29, 0.717) is 0 Å². The van der Waals surface area contributed by atoms with Crippen molar-refractivity contribution in [3.05, 3.63) is 29.8 Å². The second-order valence-corrected chi connectivity index (χ2v) is 4.15. The van der Waals surface area contributed by atoms with Crippen LogP contribution in [0, 0.1) is 6.92 Å². The lowest BCUT2D eigenvalue weighted by Crippen LogP contribution is -2.32. The molecule has 1 unspecified atom stereocenters. The quantitative estimate of drug-likeness (QED) is 0.767. The fraction of sp³-hybridized carbons (Fsp3) is 0.538. The van der Waals surface area contributed by atoms with E-state index >= 15 is 0 Å². The predicted octanol–water partition coefficient (Wildman–Crippen LogP) is 1.53. The van der Waals surface area contributed by atoms with Crippen LogP contribution in [0.2, 0.25) is 0 Å². The second-order valence-electron chi connectivity index (χ2n) is 4.15. The summed E-state index contributed by atoms with van der Waals surface area (Å²) in [5.74, 6) is 0. The smallest absolute Gasteiger partial charge is 0.0583 e. The molecule has 0 heterocycles. The molecule has 90 valence electrons. The van der Waals surface area contributed by atoms with Crippen LogP contribution in [0.1, 0.15) is 18.9 Å². The first-order valence-electron chi connectivity index (χ1n) is 5.85. The highest BCUT2D eigenvalue weighted by Crippen LogP contribution is 2.15. The van der Waals surface area contributed by atoms with E-state index in [2.05, 4.69) is 43.0 Å². The highest BCUT2D eigenvalue weighted by molar-refractivity contribution is 5.48. The Balaban J connectivity index is 2.60. The van der Waals surface area contributed by atoms with Crippen molar-refractivity contribution in [2.24, 2.45) is 5.73 Å². The van der Waals surface area contributed by atoms with E-state index in [1.165, 1.54) is 11.3 Å². The third-order valence-electron chi connectivity index (χ3n) is 2.75. The van der Waals surface area contributed by atoms with Gasteiger partial charge in [0, 0.05) is 24.8 Å². The highest BCUT2D eigenvalue weighted by atomic mass is 16.3. The van der Waals surface area contributed by atoms with Gasteiger partial charge < -0.3 is 15.7 Å². The zero-order chi connectivity index (χ0) is 12.0. The Morgan fingerprint density at radius 3 is 2.75 bits per heavy atom. The Morgan fingerprint density at radius 1 is 1.44 bits per heavy atom. The molecule has 0 radical (unpaired) electrons. The molecule has 1 rings (SSSR count). The average molecular weight is 222 g/mol. The second kappa shape index (κ2) is 6.51. The largest absolute Gasteiger partial charge is 0.395 e. The van der Waals surface area contributed by atoms with E-state index < -0.39 is 0 Å². The van der Waals surface area contributed by atoms with Crippen LogP contribution in [0.4, 0.5) is 5.69 Å². The summed E-state index contributed by atoms with van der Waals surface area (Å²) in [5.41, 5.74) is 8.20. The number of aryl methyl sites for hydroxylation is 1. The molecule has 0 aliphatic heterocycles. The molecule has 0 spiro atoms. The third kappa shape index (κ3) is 3.83. The summed E-state index contributed by atoms with van der Waals surface area (Å²) in [6, 6.07) is 8.34. The molecular formula is C13H22N2O. The fourth-order valence-electron chi connectivity index (χ4n) is 1.71. The summed E-state index contributed by atoms with van der Waals surface area (Å²) < 4.78 is 0. The van der Waals surface area contributed by atoms with Crippen LogP contribution in [0.15, 0.2) is 24.3 Å². The summed E-state index contributed by atoms with van der Waals surface area (Å²) in [6.07, 6.45) is 0.818. The van der Waals surface area contributed by atoms with Crippen molar-refractivity contribution in [3.8, 4) is 0 Å². The van der Waals surface area contributed by atoms with Gasteiger partial charge in [-0.05, 0) is 38.0 Å². The van der Waals surface area contributed by atoms with Gasteiger partial charge in [0.25, 0.3) is 0 Å². The van der Waals surface area contributed by atoms with Gasteiger partial charge in [0.2, 0.25) is 0 Å². The number of hydrogen-bond acceptors (Lipinski definition) is 3. The molecule has 3 heteroatoms. The number of anilines is 1. The van der Waals surface area contributed by atoms with Gasteiger partial charge in [-0.2, -0.15) is 0 Å². The molecule has 3 N–H and O–H groups in total. The number of nitrogens with zero attached hydrogens (tertiary/aromatic N) is 1. The molecule has 1 atom stereocenters. The zero-order valence-electron chi connectivity index (χ0n) is 10.2. The standard InChI is InChI=1S/C13H22N2O/c1-3-15(8-7-12(14)10-16)13-6-4-5-11(2)9-13/h4-6,9,12,16H,3,7-8,10,14H2,1-2H3. The summed E-state index contributed by atoms with van der Waals surface area (Å²) in [4.78, 5) is 2.28. The lowest BCUT2D eigenvalue weighted by molar-refractivity contribution is 0.261. The minimum Gasteiger partial charge on any atom is -0.395 e. The van der Waals surface area contributed by atoms with Crippen LogP contribution in [-0.4, -0.2) is 30.8 Å². The Bertz CT molecular complexity index is 315. The van der Waals surface area contributed by atoms with E-state index in [9.17, 15) is 0 Å². The molecule has 1 aromatic rings. The minimum atomic E-state index is -0.112. The van der Waals surface area contributed by atoms with Gasteiger partial charge in [-0.25, -0.2) is 0 Å². The number of nitrogens with two attached hydrogens (primary N) is 1. The number of hydrogen-bond donors (Lipinski definition) is 2. The van der Waals surface area contributed by atoms with E-state index in [4.69, 9.17) is 10.8 Å². The van der Waals surface area contributed by atoms with Crippen molar-refractivity contribution in [2.45, 2.75) is 26.3 Å². The van der Waals surface area contributed by atoms with Crippen molar-refractivity contribution in [3.63, 3.8) is 0 Å². The molecule has 16 heavy (non-hydrogen) atoms. The third-order valence-corrected chi connectivity index (χ3v) is 2.75. The van der Waals surface area contributed by atoms with Crippen LogP contribution >= 0.6 is 0 Å². The first kappa shape index (κ1) is 13.0. The van der Waals surface area contributed by atoms with Gasteiger partial charge in [0.15, 0.2) is 0 Å². The van der Waals surface area contributed by atoms with Gasteiger partial charge in [-0.1, -0.05) is 12.1 Å². The molecule has 0 saturated carbocycles. The van der Waals surface area contributed by atoms with E-state index in [-0.39, 0.29) is 12.6 Å². The van der Waals surface area contributed by atoms with Crippen LogP contribution in [0.25, 0.3) is 0 Å². The highest BCUT2D eigenvalue weighted by Gasteiger charge is 2.07. The monoisotopic (exact) mass is 222 g/mol. The Labute approximate surface area is 97.9 Å². The number of rotatable bonds is 6. The lowest BCUT2D eigenvalue weighted by atomic mass is 10.2. The van der Waals surface area contributed by atoms with Crippen molar-refractivity contribution >= 4 is 5.69 Å². The predicted molar refractivity (Wildman–Crippen MR) is 68.7 cm³/mol. The molecule has 0 aromatic heterocycles. The minimum absolute atomic E-state index is 0.0609. The Hall–Kier alpha value is -1.06. The fourth-order valence-corrected chi connectivity index (χ4v) is 1.71.